The second-order valence-electron chi connectivity index (χ2n) is 5.07. The standard InChI is InChI=1S/C12H24N2O/c1-2-11-3-6-14(7-4-11)12(9-13)5-8-15-10-12/h11H,2-10,13H2,1H3. The molecule has 1 atom stereocenters. The lowest BCUT2D eigenvalue weighted by atomic mass is 9.88. The van der Waals surface area contributed by atoms with Crippen LogP contribution in [0.1, 0.15) is 32.6 Å². The van der Waals surface area contributed by atoms with E-state index >= 15 is 0 Å². The number of piperidine rings is 1. The Labute approximate surface area is 93.0 Å². The van der Waals surface area contributed by atoms with Crippen molar-refractivity contribution in [1.82, 2.24) is 4.90 Å². The van der Waals surface area contributed by atoms with Crippen molar-refractivity contribution < 1.29 is 4.74 Å². The van der Waals surface area contributed by atoms with Crippen molar-refractivity contribution in [2.45, 2.75) is 38.1 Å². The number of nitrogens with zero attached hydrogens (tertiary/aromatic N) is 1. The van der Waals surface area contributed by atoms with Gasteiger partial charge in [0.25, 0.3) is 0 Å². The first-order valence-corrected chi connectivity index (χ1v) is 6.33. The lowest BCUT2D eigenvalue weighted by Crippen LogP contribution is -2.56. The van der Waals surface area contributed by atoms with E-state index in [-0.39, 0.29) is 5.54 Å². The Hall–Kier alpha value is -0.120. The molecule has 2 aliphatic heterocycles. The molecule has 2 heterocycles. The van der Waals surface area contributed by atoms with E-state index in [1.165, 1.54) is 32.4 Å². The first kappa shape index (κ1) is 11.4. The van der Waals surface area contributed by atoms with Crippen LogP contribution in [-0.4, -0.2) is 43.3 Å². The fraction of sp³-hybridized carbons (Fsp3) is 1.00. The molecule has 0 bridgehead atoms. The summed E-state index contributed by atoms with van der Waals surface area (Å²) >= 11 is 0. The van der Waals surface area contributed by atoms with E-state index in [4.69, 9.17) is 10.5 Å². The van der Waals surface area contributed by atoms with Crippen LogP contribution in [0.2, 0.25) is 0 Å². The fourth-order valence-electron chi connectivity index (χ4n) is 2.95. The maximum absolute atomic E-state index is 5.95. The topological polar surface area (TPSA) is 38.5 Å². The van der Waals surface area contributed by atoms with E-state index in [9.17, 15) is 0 Å². The van der Waals surface area contributed by atoms with E-state index in [2.05, 4.69) is 11.8 Å². The van der Waals surface area contributed by atoms with Gasteiger partial charge in [-0.1, -0.05) is 13.3 Å². The number of ether oxygens (including phenoxy) is 1. The van der Waals surface area contributed by atoms with Gasteiger partial charge in [-0.3, -0.25) is 4.90 Å². The molecule has 0 aromatic carbocycles. The van der Waals surface area contributed by atoms with Gasteiger partial charge in [0.1, 0.15) is 0 Å². The summed E-state index contributed by atoms with van der Waals surface area (Å²) in [6.45, 7) is 7.24. The van der Waals surface area contributed by atoms with Gasteiger partial charge in [-0.05, 0) is 38.3 Å². The van der Waals surface area contributed by atoms with Crippen LogP contribution in [-0.2, 0) is 4.74 Å². The monoisotopic (exact) mass is 212 g/mol. The normalized spacial score (nSPS) is 34.8. The molecular weight excluding hydrogens is 188 g/mol. The van der Waals surface area contributed by atoms with E-state index in [0.29, 0.717) is 0 Å². The maximum atomic E-state index is 5.95. The predicted molar refractivity (Wildman–Crippen MR) is 61.8 cm³/mol. The Morgan fingerprint density at radius 3 is 2.60 bits per heavy atom. The molecule has 2 rings (SSSR count). The first-order valence-electron chi connectivity index (χ1n) is 6.33. The molecule has 0 aromatic heterocycles. The third-order valence-corrected chi connectivity index (χ3v) is 4.33. The molecule has 15 heavy (non-hydrogen) atoms. The maximum Gasteiger partial charge on any atom is 0.0663 e. The first-order chi connectivity index (χ1) is 7.30. The quantitative estimate of drug-likeness (QED) is 0.764. The van der Waals surface area contributed by atoms with Gasteiger partial charge in [0.2, 0.25) is 0 Å². The molecule has 2 N–H and O–H groups in total. The van der Waals surface area contributed by atoms with Crippen molar-refractivity contribution in [3.63, 3.8) is 0 Å². The van der Waals surface area contributed by atoms with Crippen LogP contribution in [0.4, 0.5) is 0 Å². The zero-order valence-electron chi connectivity index (χ0n) is 9.87. The van der Waals surface area contributed by atoms with E-state index in [1.807, 2.05) is 0 Å². The van der Waals surface area contributed by atoms with Crippen LogP contribution in [0.5, 0.6) is 0 Å². The Morgan fingerprint density at radius 1 is 1.40 bits per heavy atom. The van der Waals surface area contributed by atoms with Crippen molar-refractivity contribution in [3.05, 3.63) is 0 Å². The molecule has 0 saturated carbocycles. The Morgan fingerprint density at radius 2 is 2.13 bits per heavy atom. The van der Waals surface area contributed by atoms with Crippen molar-refractivity contribution in [2.24, 2.45) is 11.7 Å². The molecule has 3 nitrogen and oxygen atoms in total. The van der Waals surface area contributed by atoms with E-state index < -0.39 is 0 Å². The third kappa shape index (κ3) is 2.19. The molecule has 2 saturated heterocycles. The molecular formula is C12H24N2O. The summed E-state index contributed by atoms with van der Waals surface area (Å²) in [6.07, 6.45) is 5.15. The Bertz CT molecular complexity index is 194. The van der Waals surface area contributed by atoms with Gasteiger partial charge >= 0.3 is 0 Å². The average Bonchev–Trinajstić information content (AvgIpc) is 2.79. The van der Waals surface area contributed by atoms with Crippen LogP contribution in [0.3, 0.4) is 0 Å². The lowest BCUT2D eigenvalue weighted by molar-refractivity contribution is 0.0418. The minimum atomic E-state index is 0.179. The van der Waals surface area contributed by atoms with Crippen molar-refractivity contribution in [2.75, 3.05) is 32.8 Å². The summed E-state index contributed by atoms with van der Waals surface area (Å²) in [6, 6.07) is 0. The van der Waals surface area contributed by atoms with Crippen LogP contribution >= 0.6 is 0 Å². The molecule has 2 fully saturated rings. The fourth-order valence-corrected chi connectivity index (χ4v) is 2.95. The molecule has 1 unspecified atom stereocenters. The molecule has 0 radical (unpaired) electrons. The summed E-state index contributed by atoms with van der Waals surface area (Å²) < 4.78 is 5.54. The van der Waals surface area contributed by atoms with Crippen LogP contribution in [0.25, 0.3) is 0 Å². The highest BCUT2D eigenvalue weighted by atomic mass is 16.5. The van der Waals surface area contributed by atoms with Crippen LogP contribution < -0.4 is 5.73 Å². The minimum Gasteiger partial charge on any atom is -0.379 e. The Balaban J connectivity index is 1.93. The van der Waals surface area contributed by atoms with Gasteiger partial charge in [0, 0.05) is 13.2 Å². The number of rotatable bonds is 3. The average molecular weight is 212 g/mol. The molecule has 0 amide bonds. The smallest absolute Gasteiger partial charge is 0.0663 e. The molecule has 0 aliphatic carbocycles. The van der Waals surface area contributed by atoms with Crippen molar-refractivity contribution in [3.8, 4) is 0 Å². The highest BCUT2D eigenvalue weighted by Crippen LogP contribution is 2.30. The summed E-state index contributed by atoms with van der Waals surface area (Å²) in [5.41, 5.74) is 6.12. The summed E-state index contributed by atoms with van der Waals surface area (Å²) in [4.78, 5) is 2.59. The van der Waals surface area contributed by atoms with Crippen LogP contribution in [0, 0.1) is 5.92 Å². The second kappa shape index (κ2) is 4.81. The SMILES string of the molecule is CCC1CCN(C2(CN)CCOC2)CC1. The van der Waals surface area contributed by atoms with Crippen LogP contribution in [0.15, 0.2) is 0 Å². The van der Waals surface area contributed by atoms with Gasteiger partial charge < -0.3 is 10.5 Å². The predicted octanol–water partition coefficient (Wildman–Crippen LogP) is 1.23. The number of nitrogens with two attached hydrogens (primary N) is 1. The molecule has 88 valence electrons. The summed E-state index contributed by atoms with van der Waals surface area (Å²) in [7, 11) is 0. The van der Waals surface area contributed by atoms with E-state index in [0.717, 1.165) is 32.1 Å². The Kier molecular flexibility index (Phi) is 3.65. The second-order valence-corrected chi connectivity index (χ2v) is 5.07. The summed E-state index contributed by atoms with van der Waals surface area (Å²) in [5, 5.41) is 0. The zero-order chi connectivity index (χ0) is 10.7. The van der Waals surface area contributed by atoms with Crippen molar-refractivity contribution in [1.29, 1.82) is 0 Å². The number of likely N-dealkylation sites (tertiary alicyclic amines) is 1. The van der Waals surface area contributed by atoms with Gasteiger partial charge in [0.05, 0.1) is 12.1 Å². The summed E-state index contributed by atoms with van der Waals surface area (Å²) in [5.74, 6) is 0.943. The van der Waals surface area contributed by atoms with Gasteiger partial charge in [-0.15, -0.1) is 0 Å². The minimum absolute atomic E-state index is 0.179. The largest absolute Gasteiger partial charge is 0.379 e. The van der Waals surface area contributed by atoms with Gasteiger partial charge in [-0.25, -0.2) is 0 Å². The molecule has 2 aliphatic rings. The van der Waals surface area contributed by atoms with E-state index in [1.54, 1.807) is 0 Å². The van der Waals surface area contributed by atoms with Gasteiger partial charge in [-0.2, -0.15) is 0 Å². The highest BCUT2D eigenvalue weighted by Gasteiger charge is 2.40. The zero-order valence-corrected chi connectivity index (χ0v) is 9.87. The third-order valence-electron chi connectivity index (χ3n) is 4.33. The molecule has 3 heteroatoms. The molecule has 0 aromatic rings. The highest BCUT2D eigenvalue weighted by molar-refractivity contribution is 4.96. The lowest BCUT2D eigenvalue weighted by Gasteiger charge is -2.43. The number of hydrogen-bond donors (Lipinski definition) is 1. The molecule has 0 spiro atoms. The number of hydrogen-bond acceptors (Lipinski definition) is 3. The van der Waals surface area contributed by atoms with Gasteiger partial charge in [0.15, 0.2) is 0 Å². The van der Waals surface area contributed by atoms with Crippen molar-refractivity contribution >= 4 is 0 Å².